The Morgan fingerprint density at radius 1 is 0.536 bits per heavy atom. The number of Topliss-reactive ketones (excluding diaryl/α,β-unsaturated/α-hetero) is 2. The molecule has 0 saturated heterocycles. The molecule has 12 nitrogen and oxygen atoms in total. The van der Waals surface area contributed by atoms with E-state index in [1.807, 2.05) is 24.3 Å². The molecule has 8 rings (SSSR count). The fourth-order valence-corrected chi connectivity index (χ4v) is 7.92. The van der Waals surface area contributed by atoms with Crippen LogP contribution in [0.1, 0.15) is 83.2 Å². The number of hydrogen-bond acceptors (Lipinski definition) is 12. The summed E-state index contributed by atoms with van der Waals surface area (Å²) in [7, 11) is 0. The van der Waals surface area contributed by atoms with Gasteiger partial charge in [-0.3, -0.25) is 28.8 Å². The van der Waals surface area contributed by atoms with Crippen molar-refractivity contribution < 1.29 is 57.2 Å². The lowest BCUT2D eigenvalue weighted by Gasteiger charge is -2.37. The predicted molar refractivity (Wildman–Crippen MR) is 199 cm³/mol. The van der Waals surface area contributed by atoms with E-state index in [-0.39, 0.29) is 50.5 Å². The molecule has 0 saturated carbocycles. The van der Waals surface area contributed by atoms with Crippen LogP contribution >= 0.6 is 0 Å². The Morgan fingerprint density at radius 2 is 0.893 bits per heavy atom. The lowest BCUT2D eigenvalue weighted by molar-refractivity contribution is -0.150. The Morgan fingerprint density at radius 3 is 1.29 bits per heavy atom. The van der Waals surface area contributed by atoms with Crippen molar-refractivity contribution in [2.75, 3.05) is 13.2 Å². The summed E-state index contributed by atoms with van der Waals surface area (Å²) < 4.78 is 33.3. The van der Waals surface area contributed by atoms with Gasteiger partial charge in [0.1, 0.15) is 47.0 Å². The van der Waals surface area contributed by atoms with Crippen molar-refractivity contribution in [3.63, 3.8) is 0 Å². The minimum Gasteiger partial charge on any atom is -0.488 e. The van der Waals surface area contributed by atoms with Crippen molar-refractivity contribution in [1.82, 2.24) is 0 Å². The van der Waals surface area contributed by atoms with Gasteiger partial charge in [0.05, 0.1) is 37.2 Å². The fraction of sp³-hybridized carbons (Fsp3) is 0.318. The Labute approximate surface area is 323 Å². The molecule has 4 aliphatic heterocycles. The lowest BCUT2D eigenvalue weighted by Crippen LogP contribution is -2.45. The third-order valence-corrected chi connectivity index (χ3v) is 10.4. The van der Waals surface area contributed by atoms with Gasteiger partial charge in [0, 0.05) is 24.7 Å². The molecule has 6 atom stereocenters. The highest BCUT2D eigenvalue weighted by atomic mass is 16.6. The quantitative estimate of drug-likeness (QED) is 0.141. The van der Waals surface area contributed by atoms with Gasteiger partial charge in [0.2, 0.25) is 0 Å². The van der Waals surface area contributed by atoms with E-state index in [4.69, 9.17) is 28.4 Å². The Bertz CT molecular complexity index is 2020. The highest BCUT2D eigenvalue weighted by Crippen LogP contribution is 2.46. The molecule has 0 spiro atoms. The monoisotopic (exact) mass is 760 g/mol. The van der Waals surface area contributed by atoms with Gasteiger partial charge >= 0.3 is 23.9 Å². The van der Waals surface area contributed by atoms with E-state index in [1.54, 1.807) is 86.6 Å². The summed E-state index contributed by atoms with van der Waals surface area (Å²) in [6, 6.07) is 28.2. The molecule has 0 N–H and O–H groups in total. The van der Waals surface area contributed by atoms with E-state index in [1.165, 1.54) is 0 Å². The predicted octanol–water partition coefficient (Wildman–Crippen LogP) is 6.59. The van der Waals surface area contributed by atoms with Gasteiger partial charge in [-0.15, -0.1) is 0 Å². The number of carbonyl (C=O) groups excluding carboxylic acids is 6. The first-order valence-electron chi connectivity index (χ1n) is 18.7. The standard InChI is InChI=1S/2C22H20O6/c2*1-2-26-20(24)11-15-13-7-3-5-9-17(13)28-22(25)21(15)19-12-16(23)14-8-4-6-10-18(14)27-19/h2*3-10,15,19,21H,2,11-12H2,1H3/t2*15-,19+,21-/m10/s1. The molecule has 0 aliphatic carbocycles. The summed E-state index contributed by atoms with van der Waals surface area (Å²) in [6.07, 6.45) is -1.28. The minimum atomic E-state index is -0.781. The zero-order valence-electron chi connectivity index (χ0n) is 30.8. The molecule has 0 unspecified atom stereocenters. The second-order valence-corrected chi connectivity index (χ2v) is 13.8. The number of esters is 4. The van der Waals surface area contributed by atoms with Crippen molar-refractivity contribution >= 4 is 35.4 Å². The highest BCUT2D eigenvalue weighted by Gasteiger charge is 2.48. The van der Waals surface area contributed by atoms with Crippen LogP contribution in [0.4, 0.5) is 0 Å². The molecule has 12 heteroatoms. The van der Waals surface area contributed by atoms with Crippen LogP contribution in [0.5, 0.6) is 23.0 Å². The normalized spacial score (nSPS) is 23.1. The second-order valence-electron chi connectivity index (χ2n) is 13.8. The SMILES string of the molecule is CCOC(=O)C[C@@H]1c2ccccc2OC(=O)[C@H]1[C@@H]1CC(=O)c2ccccc2O1.CCOC(=O)C[C@H]1c2ccccc2OC(=O)[C@@H]1[C@H]1CC(=O)c2ccccc2O1. The molecule has 0 aromatic heterocycles. The van der Waals surface area contributed by atoms with Crippen molar-refractivity contribution in [2.24, 2.45) is 11.8 Å². The fourth-order valence-electron chi connectivity index (χ4n) is 7.92. The third kappa shape index (κ3) is 7.77. The van der Waals surface area contributed by atoms with Crippen LogP contribution in [0.2, 0.25) is 0 Å². The van der Waals surface area contributed by atoms with Gasteiger partial charge < -0.3 is 28.4 Å². The number of fused-ring (bicyclic) bond motifs is 4. The van der Waals surface area contributed by atoms with Crippen LogP contribution in [-0.2, 0) is 28.7 Å². The zero-order chi connectivity index (χ0) is 39.3. The summed E-state index contributed by atoms with van der Waals surface area (Å²) in [4.78, 5) is 75.4. The number of rotatable bonds is 8. The van der Waals surface area contributed by atoms with E-state index in [0.717, 1.165) is 11.1 Å². The van der Waals surface area contributed by atoms with Crippen LogP contribution in [-0.4, -0.2) is 60.9 Å². The largest absolute Gasteiger partial charge is 0.488 e. The van der Waals surface area contributed by atoms with Gasteiger partial charge in [0.15, 0.2) is 11.6 Å². The summed E-state index contributed by atoms with van der Waals surface area (Å²) >= 11 is 0. The number of ether oxygens (including phenoxy) is 6. The number of carbonyl (C=O) groups is 6. The average molecular weight is 761 g/mol. The average Bonchev–Trinajstić information content (AvgIpc) is 3.18. The molecule has 56 heavy (non-hydrogen) atoms. The summed E-state index contributed by atoms with van der Waals surface area (Å²) in [5, 5.41) is 0. The van der Waals surface area contributed by atoms with Crippen LogP contribution in [0.15, 0.2) is 97.1 Å². The van der Waals surface area contributed by atoms with Crippen molar-refractivity contribution in [3.05, 3.63) is 119 Å². The van der Waals surface area contributed by atoms with Crippen LogP contribution in [0.25, 0.3) is 0 Å². The van der Waals surface area contributed by atoms with Gasteiger partial charge in [-0.1, -0.05) is 60.7 Å². The number of para-hydroxylation sites is 4. The van der Waals surface area contributed by atoms with Crippen molar-refractivity contribution in [3.8, 4) is 23.0 Å². The van der Waals surface area contributed by atoms with Crippen LogP contribution in [0, 0.1) is 11.8 Å². The van der Waals surface area contributed by atoms with Gasteiger partial charge in [-0.05, 0) is 61.4 Å². The summed E-state index contributed by atoms with van der Waals surface area (Å²) in [5.41, 5.74) is 2.50. The Hall–Kier alpha value is -6.30. The molecule has 0 amide bonds. The maximum atomic E-state index is 12.9. The van der Waals surface area contributed by atoms with E-state index in [9.17, 15) is 28.8 Å². The van der Waals surface area contributed by atoms with Gasteiger partial charge in [0.25, 0.3) is 0 Å². The smallest absolute Gasteiger partial charge is 0.318 e. The number of benzene rings is 4. The molecule has 4 aromatic rings. The number of ketones is 2. The molecular formula is C44H40O12. The van der Waals surface area contributed by atoms with Crippen molar-refractivity contribution in [1.29, 1.82) is 0 Å². The molecular weight excluding hydrogens is 720 g/mol. The topological polar surface area (TPSA) is 158 Å². The Balaban J connectivity index is 0.000000172. The molecule has 0 fully saturated rings. The van der Waals surface area contributed by atoms with E-state index >= 15 is 0 Å². The molecule has 4 aliphatic rings. The molecule has 4 heterocycles. The van der Waals surface area contributed by atoms with E-state index in [0.29, 0.717) is 34.1 Å². The highest BCUT2D eigenvalue weighted by molar-refractivity contribution is 6.01. The van der Waals surface area contributed by atoms with Crippen LogP contribution < -0.4 is 18.9 Å². The number of hydrogen-bond donors (Lipinski definition) is 0. The van der Waals surface area contributed by atoms with E-state index in [2.05, 4.69) is 0 Å². The van der Waals surface area contributed by atoms with Gasteiger partial charge in [-0.25, -0.2) is 0 Å². The first kappa shape index (κ1) is 38.0. The lowest BCUT2D eigenvalue weighted by atomic mass is 9.76. The first-order valence-corrected chi connectivity index (χ1v) is 18.7. The van der Waals surface area contributed by atoms with Crippen molar-refractivity contribution in [2.45, 2.75) is 63.6 Å². The minimum absolute atomic E-state index is 0.0142. The second kappa shape index (κ2) is 16.6. The molecule has 4 aromatic carbocycles. The molecule has 288 valence electrons. The molecule has 0 bridgehead atoms. The molecule has 0 radical (unpaired) electrons. The summed E-state index contributed by atoms with van der Waals surface area (Å²) in [5.74, 6) is -2.74. The maximum absolute atomic E-state index is 12.9. The van der Waals surface area contributed by atoms with Crippen LogP contribution in [0.3, 0.4) is 0 Å². The zero-order valence-corrected chi connectivity index (χ0v) is 30.8. The van der Waals surface area contributed by atoms with E-state index < -0.39 is 59.8 Å². The maximum Gasteiger partial charge on any atom is 0.318 e. The third-order valence-electron chi connectivity index (χ3n) is 10.4. The Kier molecular flexibility index (Phi) is 11.3. The summed E-state index contributed by atoms with van der Waals surface area (Å²) in [6.45, 7) is 3.98. The first-order chi connectivity index (χ1) is 27.2. The van der Waals surface area contributed by atoms with Gasteiger partial charge in [-0.2, -0.15) is 0 Å².